The molecule has 2 aromatic rings. The number of fused-ring (bicyclic) bond motifs is 1. The van der Waals surface area contributed by atoms with Crippen LogP contribution in [-0.4, -0.2) is 18.2 Å². The number of phenols is 1. The van der Waals surface area contributed by atoms with E-state index in [0.717, 1.165) is 10.8 Å². The number of benzene rings is 2. The van der Waals surface area contributed by atoms with Gasteiger partial charge in [0.15, 0.2) is 0 Å². The van der Waals surface area contributed by atoms with Gasteiger partial charge in [0.2, 0.25) is 0 Å². The minimum absolute atomic E-state index is 0. The van der Waals surface area contributed by atoms with Crippen molar-refractivity contribution in [3.8, 4) is 5.75 Å². The van der Waals surface area contributed by atoms with E-state index >= 15 is 0 Å². The largest absolute Gasteiger partial charge is 0.508 e. The fourth-order valence-electron chi connectivity index (χ4n) is 1.55. The Kier molecular flexibility index (Phi) is 4.34. The zero-order chi connectivity index (χ0) is 11.5. The van der Waals surface area contributed by atoms with E-state index in [4.69, 9.17) is 0 Å². The summed E-state index contributed by atoms with van der Waals surface area (Å²) in [6.45, 7) is 0. The second kappa shape index (κ2) is 5.54. The van der Waals surface area contributed by atoms with E-state index in [0.29, 0.717) is 5.69 Å². The number of anilines is 1. The zero-order valence-electron chi connectivity index (χ0n) is 9.23. The maximum absolute atomic E-state index is 11.2. The van der Waals surface area contributed by atoms with E-state index in [1.165, 1.54) is 0 Å². The van der Waals surface area contributed by atoms with Crippen LogP contribution in [0.4, 0.5) is 10.5 Å². The highest BCUT2D eigenvalue weighted by Gasteiger charge is 2.04. The van der Waals surface area contributed by atoms with Crippen molar-refractivity contribution in [2.24, 2.45) is 0 Å². The summed E-state index contributed by atoms with van der Waals surface area (Å²) in [7, 11) is 1.55. The molecular formula is C12H13BrN2O2. The van der Waals surface area contributed by atoms with E-state index in [1.54, 1.807) is 31.3 Å². The minimum Gasteiger partial charge on any atom is -0.508 e. The molecule has 4 nitrogen and oxygen atoms in total. The van der Waals surface area contributed by atoms with Crippen molar-refractivity contribution in [1.29, 1.82) is 0 Å². The predicted octanol–water partition coefficient (Wildman–Crippen LogP) is 2.87. The van der Waals surface area contributed by atoms with Crippen LogP contribution in [0.2, 0.25) is 0 Å². The van der Waals surface area contributed by atoms with E-state index in [9.17, 15) is 9.90 Å². The monoisotopic (exact) mass is 296 g/mol. The van der Waals surface area contributed by atoms with Gasteiger partial charge >= 0.3 is 6.03 Å². The van der Waals surface area contributed by atoms with Gasteiger partial charge in [0, 0.05) is 12.4 Å². The lowest BCUT2D eigenvalue weighted by molar-refractivity contribution is 0.254. The quantitative estimate of drug-likeness (QED) is 0.758. The summed E-state index contributed by atoms with van der Waals surface area (Å²) in [6, 6.07) is 10.3. The number of amides is 2. The third-order valence-electron chi connectivity index (χ3n) is 2.34. The Bertz CT molecular complexity index is 543. The summed E-state index contributed by atoms with van der Waals surface area (Å²) < 4.78 is 0. The number of urea groups is 1. The lowest BCUT2D eigenvalue weighted by Crippen LogP contribution is -2.24. The minimum atomic E-state index is -0.282. The number of carbonyl (C=O) groups excluding carboxylic acids is 1. The molecule has 2 rings (SSSR count). The molecule has 0 aliphatic rings. The van der Waals surface area contributed by atoms with Crippen LogP contribution in [0.1, 0.15) is 0 Å². The normalized spacial score (nSPS) is 9.47. The molecule has 0 heterocycles. The van der Waals surface area contributed by atoms with Crippen LogP contribution in [0.25, 0.3) is 10.8 Å². The Morgan fingerprint density at radius 3 is 2.71 bits per heavy atom. The Balaban J connectivity index is 0.00000144. The number of nitrogens with one attached hydrogen (secondary N) is 2. The van der Waals surface area contributed by atoms with Gasteiger partial charge in [-0.05, 0) is 23.6 Å². The summed E-state index contributed by atoms with van der Waals surface area (Å²) >= 11 is 0. The average molecular weight is 297 g/mol. The number of aromatic hydroxyl groups is 1. The number of rotatable bonds is 1. The molecule has 0 atom stereocenters. The second-order valence-corrected chi connectivity index (χ2v) is 3.42. The molecule has 0 saturated heterocycles. The first-order valence-corrected chi connectivity index (χ1v) is 4.91. The molecule has 0 aliphatic heterocycles. The molecular weight excluding hydrogens is 284 g/mol. The third kappa shape index (κ3) is 2.88. The first-order chi connectivity index (χ1) is 7.70. The molecule has 0 unspecified atom stereocenters. The van der Waals surface area contributed by atoms with E-state index < -0.39 is 0 Å². The van der Waals surface area contributed by atoms with Crippen molar-refractivity contribution in [2.75, 3.05) is 12.4 Å². The van der Waals surface area contributed by atoms with Gasteiger partial charge < -0.3 is 15.7 Å². The molecule has 3 N–H and O–H groups in total. The van der Waals surface area contributed by atoms with Gasteiger partial charge in [0.25, 0.3) is 0 Å². The van der Waals surface area contributed by atoms with Crippen LogP contribution < -0.4 is 10.6 Å². The number of phenolic OH excluding ortho intramolecular Hbond substituents is 1. The third-order valence-corrected chi connectivity index (χ3v) is 2.34. The SMILES string of the molecule is Br.CNC(=O)Nc1cccc2ccc(O)cc12. The van der Waals surface area contributed by atoms with Crippen LogP contribution in [0.3, 0.4) is 0 Å². The number of hydrogen-bond donors (Lipinski definition) is 3. The lowest BCUT2D eigenvalue weighted by Gasteiger charge is -2.08. The van der Waals surface area contributed by atoms with Gasteiger partial charge in [-0.2, -0.15) is 0 Å². The summed E-state index contributed by atoms with van der Waals surface area (Å²) in [5, 5.41) is 16.4. The first-order valence-electron chi connectivity index (χ1n) is 4.91. The fourth-order valence-corrected chi connectivity index (χ4v) is 1.55. The van der Waals surface area contributed by atoms with Crippen LogP contribution >= 0.6 is 17.0 Å². The first kappa shape index (κ1) is 13.3. The fraction of sp³-hybridized carbons (Fsp3) is 0.0833. The smallest absolute Gasteiger partial charge is 0.318 e. The van der Waals surface area contributed by atoms with Gasteiger partial charge in [0.1, 0.15) is 5.75 Å². The zero-order valence-corrected chi connectivity index (χ0v) is 10.9. The highest BCUT2D eigenvalue weighted by atomic mass is 79.9. The lowest BCUT2D eigenvalue weighted by atomic mass is 10.1. The van der Waals surface area contributed by atoms with Gasteiger partial charge in [-0.25, -0.2) is 4.79 Å². The van der Waals surface area contributed by atoms with Crippen LogP contribution in [0.5, 0.6) is 5.75 Å². The Hall–Kier alpha value is -1.75. The summed E-state index contributed by atoms with van der Waals surface area (Å²) in [5.41, 5.74) is 0.674. The summed E-state index contributed by atoms with van der Waals surface area (Å²) in [4.78, 5) is 11.2. The molecule has 0 spiro atoms. The van der Waals surface area contributed by atoms with Gasteiger partial charge in [-0.3, -0.25) is 0 Å². The number of hydrogen-bond acceptors (Lipinski definition) is 2. The average Bonchev–Trinajstić information content (AvgIpc) is 2.29. The molecule has 0 aliphatic carbocycles. The molecule has 2 amide bonds. The standard InChI is InChI=1S/C12H12N2O2.BrH/c1-13-12(16)14-11-4-2-3-8-5-6-9(15)7-10(8)11;/h2-7,15H,1H3,(H2,13,14,16);1H. The van der Waals surface area contributed by atoms with Crippen LogP contribution in [0.15, 0.2) is 36.4 Å². The van der Waals surface area contributed by atoms with E-state index in [2.05, 4.69) is 10.6 Å². The molecule has 0 fully saturated rings. The highest BCUT2D eigenvalue weighted by Crippen LogP contribution is 2.26. The molecule has 17 heavy (non-hydrogen) atoms. The maximum Gasteiger partial charge on any atom is 0.318 e. The van der Waals surface area contributed by atoms with Crippen molar-refractivity contribution in [2.45, 2.75) is 0 Å². The molecule has 5 heteroatoms. The molecule has 0 radical (unpaired) electrons. The highest BCUT2D eigenvalue weighted by molar-refractivity contribution is 8.93. The molecule has 2 aromatic carbocycles. The van der Waals surface area contributed by atoms with Crippen molar-refractivity contribution < 1.29 is 9.90 Å². The Morgan fingerprint density at radius 2 is 2.00 bits per heavy atom. The topological polar surface area (TPSA) is 61.4 Å². The van der Waals surface area contributed by atoms with E-state index in [1.807, 2.05) is 12.1 Å². The maximum atomic E-state index is 11.2. The molecule has 0 saturated carbocycles. The summed E-state index contributed by atoms with van der Waals surface area (Å²) in [6.07, 6.45) is 0. The number of carbonyl (C=O) groups is 1. The predicted molar refractivity (Wildman–Crippen MR) is 74.0 cm³/mol. The Labute approximate surface area is 109 Å². The molecule has 0 aromatic heterocycles. The second-order valence-electron chi connectivity index (χ2n) is 3.42. The van der Waals surface area contributed by atoms with Gasteiger partial charge in [0.05, 0.1) is 5.69 Å². The van der Waals surface area contributed by atoms with E-state index in [-0.39, 0.29) is 28.8 Å². The van der Waals surface area contributed by atoms with Crippen LogP contribution in [-0.2, 0) is 0 Å². The Morgan fingerprint density at radius 1 is 1.24 bits per heavy atom. The van der Waals surface area contributed by atoms with Crippen molar-refractivity contribution in [1.82, 2.24) is 5.32 Å². The van der Waals surface area contributed by atoms with Crippen molar-refractivity contribution in [3.05, 3.63) is 36.4 Å². The molecule has 90 valence electrons. The molecule has 0 bridgehead atoms. The summed E-state index contributed by atoms with van der Waals surface area (Å²) in [5.74, 6) is 0.179. The van der Waals surface area contributed by atoms with Crippen molar-refractivity contribution >= 4 is 39.5 Å². The van der Waals surface area contributed by atoms with Gasteiger partial charge in [-0.15, -0.1) is 17.0 Å². The van der Waals surface area contributed by atoms with Gasteiger partial charge in [-0.1, -0.05) is 18.2 Å². The van der Waals surface area contributed by atoms with Crippen LogP contribution in [0, 0.1) is 0 Å². The number of halogens is 1. The van der Waals surface area contributed by atoms with Crippen molar-refractivity contribution in [3.63, 3.8) is 0 Å².